The molecule has 8 rings (SSSR count). The van der Waals surface area contributed by atoms with E-state index in [0.717, 1.165) is 45.8 Å². The lowest BCUT2D eigenvalue weighted by Gasteiger charge is -2.27. The van der Waals surface area contributed by atoms with Crippen molar-refractivity contribution in [3.63, 3.8) is 0 Å². The molecule has 67 heavy (non-hydrogen) atoms. The molecule has 3 atom stereocenters. The lowest BCUT2D eigenvalue weighted by atomic mass is 10.0. The maximum atomic E-state index is 15.5. The minimum atomic E-state index is -6.73. The van der Waals surface area contributed by atoms with Gasteiger partial charge in [-0.2, -0.15) is 54.7 Å². The Morgan fingerprint density at radius 3 is 2.30 bits per heavy atom. The number of benzene rings is 2. The van der Waals surface area contributed by atoms with Gasteiger partial charge in [0.25, 0.3) is 17.9 Å². The first-order valence-electron chi connectivity index (χ1n) is 19.0. The molecule has 4 heterocycles. The van der Waals surface area contributed by atoms with Crippen LogP contribution in [-0.2, 0) is 40.8 Å². The minimum absolute atomic E-state index is 0.126. The van der Waals surface area contributed by atoms with E-state index in [2.05, 4.69) is 34.9 Å². The highest BCUT2D eigenvalue weighted by atomic mass is 35.5. The number of carbonyl (C=O) groups is 1. The smallest absolute Gasteiger partial charge is 0.460 e. The molecule has 4 aromatic heterocycles. The van der Waals surface area contributed by atoms with Crippen LogP contribution in [0.3, 0.4) is 0 Å². The molecule has 0 radical (unpaired) electrons. The van der Waals surface area contributed by atoms with Crippen molar-refractivity contribution >= 4 is 55.3 Å². The van der Waals surface area contributed by atoms with E-state index < -0.39 is 141 Å². The van der Waals surface area contributed by atoms with Gasteiger partial charge in [0.15, 0.2) is 18.1 Å². The third-order valence-corrected chi connectivity index (χ3v) is 11.7. The Morgan fingerprint density at radius 2 is 1.67 bits per heavy atom. The molecule has 1 amide bonds. The summed E-state index contributed by atoms with van der Waals surface area (Å²) in [5.41, 5.74) is -5.21. The number of amides is 1. The van der Waals surface area contributed by atoms with Crippen LogP contribution < -0.4 is 20.3 Å². The number of fused-ring (bicyclic) bond motifs is 5. The fourth-order valence-corrected chi connectivity index (χ4v) is 8.72. The number of hydrogen-bond donors (Lipinski definition) is 2. The van der Waals surface area contributed by atoms with Crippen molar-refractivity contribution in [3.05, 3.63) is 97.8 Å². The Bertz CT molecular complexity index is 3180. The number of hydrogen-bond acceptors (Lipinski definition) is 9. The maximum Gasteiger partial charge on any atom is 0.460 e. The zero-order valence-electron chi connectivity index (χ0n) is 33.6. The number of halogens is 14. The molecule has 2 aromatic carbocycles. The zero-order chi connectivity index (χ0) is 49.1. The number of sulfonamides is 1. The quantitative estimate of drug-likeness (QED) is 0.104. The van der Waals surface area contributed by atoms with E-state index in [0.29, 0.717) is 16.8 Å². The summed E-state index contributed by atoms with van der Waals surface area (Å²) < 4.78 is 216. The number of nitrogens with zero attached hydrogens (tertiary/aromatic N) is 7. The van der Waals surface area contributed by atoms with E-state index in [1.165, 1.54) is 7.05 Å². The monoisotopic (exact) mass is 1000 g/mol. The van der Waals surface area contributed by atoms with Crippen LogP contribution in [0.2, 0.25) is 5.02 Å². The van der Waals surface area contributed by atoms with Crippen LogP contribution in [0.5, 0.6) is 5.88 Å². The number of ether oxygens (including phenoxy) is 1. The Hall–Kier alpha value is -6.19. The molecule has 0 bridgehead atoms. The topological polar surface area (TPSA) is 168 Å². The van der Waals surface area contributed by atoms with Gasteiger partial charge in [-0.05, 0) is 48.2 Å². The van der Waals surface area contributed by atoms with Crippen molar-refractivity contribution < 1.29 is 75.0 Å². The normalized spacial score (nSPS) is 17.5. The van der Waals surface area contributed by atoms with E-state index in [9.17, 15) is 66.3 Å². The number of nitrogens with one attached hydrogen (secondary N) is 2. The molecule has 358 valence electrons. The summed E-state index contributed by atoms with van der Waals surface area (Å²) >= 11 is 6.49. The molecule has 6 aromatic rings. The van der Waals surface area contributed by atoms with Crippen molar-refractivity contribution in [1.82, 2.24) is 39.4 Å². The maximum absolute atomic E-state index is 15.5. The zero-order valence-corrected chi connectivity index (χ0v) is 35.1. The van der Waals surface area contributed by atoms with Gasteiger partial charge in [-0.1, -0.05) is 11.6 Å². The third kappa shape index (κ3) is 8.34. The van der Waals surface area contributed by atoms with Crippen molar-refractivity contribution in [3.8, 4) is 11.6 Å². The molecule has 0 spiro atoms. The molecular formula is C38H27ClF13N9O5S. The summed E-state index contributed by atoms with van der Waals surface area (Å²) in [5, 5.41) is 9.19. The van der Waals surface area contributed by atoms with Gasteiger partial charge in [-0.25, -0.2) is 31.0 Å². The fourth-order valence-electron chi connectivity index (χ4n) is 7.99. The lowest BCUT2D eigenvalue weighted by molar-refractivity contribution is -0.358. The van der Waals surface area contributed by atoms with Crippen molar-refractivity contribution in [1.29, 1.82) is 0 Å². The second-order valence-electron chi connectivity index (χ2n) is 15.6. The molecular weight excluding hydrogens is 977 g/mol. The predicted molar refractivity (Wildman–Crippen MR) is 207 cm³/mol. The lowest BCUT2D eigenvalue weighted by Crippen LogP contribution is -2.54. The van der Waals surface area contributed by atoms with Gasteiger partial charge in [-0.15, -0.1) is 0 Å². The average molecular weight is 1000 g/mol. The molecule has 0 aliphatic heterocycles. The first-order chi connectivity index (χ1) is 31.0. The standard InChI is InChI=1S/C38H27ClF13N9O5S/c1-59-28-22(5-4-20(39)26(28)32(57-59)58-67(2,64)65)61-33(55-31-17(34(61)63)3-6-24(54-31)66-13-35(44,45)37(48,49)38(50,51)52)21(9-14-7-15(40)10-16(41)8-14)53-23(62)12-60-29-25(27(56-60)30(42)43)18-11-19(18)36(29,46)47/h3-8,10,18-19,21,30H,9,11-13H2,1-2H3,(H,53,62)(H,57,58)/t18-,19+,21-/m0/s1. The number of rotatable bonds is 14. The highest BCUT2D eigenvalue weighted by Gasteiger charge is 2.73. The minimum Gasteiger partial charge on any atom is -0.471 e. The van der Waals surface area contributed by atoms with Gasteiger partial charge in [0.2, 0.25) is 21.8 Å². The van der Waals surface area contributed by atoms with Crippen LogP contribution in [0.4, 0.5) is 62.9 Å². The van der Waals surface area contributed by atoms with Crippen LogP contribution in [-0.4, -0.2) is 79.3 Å². The highest BCUT2D eigenvalue weighted by molar-refractivity contribution is 7.92. The number of aryl methyl sites for hydroxylation is 1. The molecule has 0 saturated heterocycles. The van der Waals surface area contributed by atoms with E-state index in [4.69, 9.17) is 11.6 Å². The molecule has 0 unspecified atom stereocenters. The van der Waals surface area contributed by atoms with Crippen LogP contribution in [0.15, 0.2) is 47.3 Å². The summed E-state index contributed by atoms with van der Waals surface area (Å²) in [5.74, 6) is -24.4. The summed E-state index contributed by atoms with van der Waals surface area (Å²) in [6, 6.07) is 3.79. The number of carbonyl (C=O) groups excluding carboxylic acids is 1. The first-order valence-corrected chi connectivity index (χ1v) is 21.3. The first kappa shape index (κ1) is 47.3. The van der Waals surface area contributed by atoms with Crippen LogP contribution >= 0.6 is 11.6 Å². The Morgan fingerprint density at radius 1 is 1.00 bits per heavy atom. The number of alkyl halides is 11. The number of pyridine rings is 1. The summed E-state index contributed by atoms with van der Waals surface area (Å²) in [7, 11) is -2.81. The molecule has 1 saturated carbocycles. The van der Waals surface area contributed by atoms with Crippen LogP contribution in [0.1, 0.15) is 53.1 Å². The summed E-state index contributed by atoms with van der Waals surface area (Å²) in [6.45, 7) is -3.83. The number of aromatic nitrogens is 7. The number of anilines is 1. The molecule has 2 aliphatic rings. The Labute approximate surface area is 370 Å². The molecule has 2 N–H and O–H groups in total. The Kier molecular flexibility index (Phi) is 11.3. The van der Waals surface area contributed by atoms with Gasteiger partial charge in [0.1, 0.15) is 35.4 Å². The van der Waals surface area contributed by atoms with Crippen LogP contribution in [0.25, 0.3) is 27.6 Å². The largest absolute Gasteiger partial charge is 0.471 e. The fraction of sp³-hybridized carbons (Fsp3) is 0.368. The SMILES string of the molecule is Cn1nc(NS(C)(=O)=O)c2c(Cl)ccc(-n3c([C@H](Cc4cc(F)cc(F)c4)NC(=O)Cn4nc(C(F)F)c5c4C(F)(F)[C@@H]4C[C@H]54)nc4nc(OCC(F)(F)C(F)(F)C(F)(F)F)ccc4c3=O)c21. The summed E-state index contributed by atoms with van der Waals surface area (Å²) in [6.07, 6.45) is -10.2. The molecule has 2 aliphatic carbocycles. The van der Waals surface area contributed by atoms with Crippen molar-refractivity contribution in [2.45, 2.75) is 61.7 Å². The summed E-state index contributed by atoms with van der Waals surface area (Å²) in [4.78, 5) is 36.8. The second-order valence-corrected chi connectivity index (χ2v) is 17.8. The van der Waals surface area contributed by atoms with E-state index in [-0.39, 0.29) is 39.4 Å². The van der Waals surface area contributed by atoms with Gasteiger partial charge < -0.3 is 10.1 Å². The van der Waals surface area contributed by atoms with E-state index in [1.54, 1.807) is 0 Å². The molecule has 29 heteroatoms. The van der Waals surface area contributed by atoms with Gasteiger partial charge in [-0.3, -0.25) is 28.2 Å². The van der Waals surface area contributed by atoms with Gasteiger partial charge in [0, 0.05) is 37.1 Å². The van der Waals surface area contributed by atoms with Crippen molar-refractivity contribution in [2.24, 2.45) is 13.0 Å². The third-order valence-electron chi connectivity index (χ3n) is 10.9. The van der Waals surface area contributed by atoms with Gasteiger partial charge >= 0.3 is 18.0 Å². The molecule has 1 fully saturated rings. The average Bonchev–Trinajstić information content (AvgIpc) is 3.74. The van der Waals surface area contributed by atoms with Crippen molar-refractivity contribution in [2.75, 3.05) is 17.6 Å². The predicted octanol–water partition coefficient (Wildman–Crippen LogP) is 7.63. The Balaban J connectivity index is 1.32. The second kappa shape index (κ2) is 16.0. The highest BCUT2D eigenvalue weighted by Crippen LogP contribution is 2.68. The van der Waals surface area contributed by atoms with E-state index >= 15 is 8.78 Å². The van der Waals surface area contributed by atoms with Crippen LogP contribution in [0, 0.1) is 17.6 Å². The van der Waals surface area contributed by atoms with E-state index in [1.807, 2.05) is 0 Å². The molecule has 14 nitrogen and oxygen atoms in total. The van der Waals surface area contributed by atoms with Gasteiger partial charge in [0.05, 0.1) is 39.3 Å².